The number of carbonyl (C=O) groups excluding carboxylic acids is 1. The van der Waals surface area contributed by atoms with Crippen LogP contribution in [0.25, 0.3) is 0 Å². The molecule has 0 bridgehead atoms. The van der Waals surface area contributed by atoms with Crippen molar-refractivity contribution in [3.05, 3.63) is 0 Å². The second-order valence-corrected chi connectivity index (χ2v) is 3.55. The van der Waals surface area contributed by atoms with E-state index in [1.807, 2.05) is 0 Å². The van der Waals surface area contributed by atoms with Gasteiger partial charge in [0, 0.05) is 0 Å². The summed E-state index contributed by atoms with van der Waals surface area (Å²) in [5.74, 6) is 0.913. The van der Waals surface area contributed by atoms with Crippen LogP contribution < -0.4 is 0 Å². The molecule has 2 heteroatoms. The predicted molar refractivity (Wildman–Crippen MR) is 43.4 cm³/mol. The van der Waals surface area contributed by atoms with E-state index in [1.165, 1.54) is 6.42 Å². The van der Waals surface area contributed by atoms with Crippen molar-refractivity contribution in [2.45, 2.75) is 39.2 Å². The number of ether oxygens (including phenoxy) is 1. The first kappa shape index (κ1) is 8.72. The van der Waals surface area contributed by atoms with Gasteiger partial charge < -0.3 is 4.74 Å². The van der Waals surface area contributed by atoms with Gasteiger partial charge >= 0.3 is 0 Å². The molecule has 0 saturated heterocycles. The van der Waals surface area contributed by atoms with Crippen molar-refractivity contribution in [1.29, 1.82) is 0 Å². The van der Waals surface area contributed by atoms with Crippen molar-refractivity contribution >= 4 is 5.78 Å². The fourth-order valence-electron chi connectivity index (χ4n) is 1.54. The molecule has 11 heavy (non-hydrogen) atoms. The third kappa shape index (κ3) is 3.02. The highest BCUT2D eigenvalue weighted by atomic mass is 16.5. The van der Waals surface area contributed by atoms with Crippen LogP contribution in [-0.4, -0.2) is 18.5 Å². The van der Waals surface area contributed by atoms with Gasteiger partial charge in [-0.2, -0.15) is 0 Å². The summed E-state index contributed by atoms with van der Waals surface area (Å²) in [6, 6.07) is 0. The Morgan fingerprint density at radius 2 is 2.27 bits per heavy atom. The lowest BCUT2D eigenvalue weighted by atomic mass is 10.1. The monoisotopic (exact) mass is 156 g/mol. The zero-order valence-electron chi connectivity index (χ0n) is 7.30. The predicted octanol–water partition coefficient (Wildman–Crippen LogP) is 1.78. The maximum atomic E-state index is 10.6. The van der Waals surface area contributed by atoms with E-state index in [-0.39, 0.29) is 5.78 Å². The van der Waals surface area contributed by atoms with E-state index in [1.54, 1.807) is 6.92 Å². The first-order valence-corrected chi connectivity index (χ1v) is 4.29. The molecule has 1 aliphatic carbocycles. The Hall–Kier alpha value is -0.370. The molecule has 1 saturated carbocycles. The summed E-state index contributed by atoms with van der Waals surface area (Å²) >= 11 is 0. The molecule has 2 nitrogen and oxygen atoms in total. The number of ketones is 1. The number of carbonyl (C=O) groups is 1. The third-order valence-corrected chi connectivity index (χ3v) is 2.17. The van der Waals surface area contributed by atoms with Crippen molar-refractivity contribution < 1.29 is 9.53 Å². The van der Waals surface area contributed by atoms with Gasteiger partial charge in [-0.25, -0.2) is 0 Å². The summed E-state index contributed by atoms with van der Waals surface area (Å²) in [5, 5.41) is 0. The average molecular weight is 156 g/mol. The molecule has 2 unspecified atom stereocenters. The van der Waals surface area contributed by atoms with Gasteiger partial charge in [-0.3, -0.25) is 4.79 Å². The molecule has 1 rings (SSSR count). The van der Waals surface area contributed by atoms with Gasteiger partial charge in [-0.05, 0) is 32.1 Å². The fourth-order valence-corrected chi connectivity index (χ4v) is 1.54. The fraction of sp³-hybridized carbons (Fsp3) is 0.889. The van der Waals surface area contributed by atoms with Gasteiger partial charge in [-0.1, -0.05) is 6.92 Å². The summed E-state index contributed by atoms with van der Waals surface area (Å²) in [6.07, 6.45) is 3.87. The van der Waals surface area contributed by atoms with Crippen molar-refractivity contribution in [1.82, 2.24) is 0 Å². The van der Waals surface area contributed by atoms with E-state index in [0.717, 1.165) is 18.8 Å². The van der Waals surface area contributed by atoms with Crippen LogP contribution in [0.1, 0.15) is 33.1 Å². The minimum absolute atomic E-state index is 0.129. The first-order chi connectivity index (χ1) is 5.18. The maximum absolute atomic E-state index is 10.6. The molecule has 0 radical (unpaired) electrons. The van der Waals surface area contributed by atoms with Gasteiger partial charge in [0.1, 0.15) is 6.61 Å². The highest BCUT2D eigenvalue weighted by Gasteiger charge is 2.21. The molecule has 0 amide bonds. The Bertz CT molecular complexity index is 142. The highest BCUT2D eigenvalue weighted by molar-refractivity contribution is 5.76. The standard InChI is InChI=1S/C9H16O2/c1-7-3-4-9(5-7)11-6-8(2)10/h7,9H,3-6H2,1-2H3. The van der Waals surface area contributed by atoms with Crippen LogP contribution >= 0.6 is 0 Å². The minimum atomic E-state index is 0.129. The van der Waals surface area contributed by atoms with Gasteiger partial charge in [-0.15, -0.1) is 0 Å². The molecule has 0 aromatic heterocycles. The van der Waals surface area contributed by atoms with Crippen molar-refractivity contribution in [3.63, 3.8) is 0 Å². The van der Waals surface area contributed by atoms with Gasteiger partial charge in [0.2, 0.25) is 0 Å². The summed E-state index contributed by atoms with van der Waals surface area (Å²) in [4.78, 5) is 10.6. The lowest BCUT2D eigenvalue weighted by Gasteiger charge is -2.08. The highest BCUT2D eigenvalue weighted by Crippen LogP contribution is 2.26. The summed E-state index contributed by atoms with van der Waals surface area (Å²) in [6.45, 7) is 4.10. The lowest BCUT2D eigenvalue weighted by molar-refractivity contribution is -0.123. The van der Waals surface area contributed by atoms with Crippen molar-refractivity contribution in [3.8, 4) is 0 Å². The SMILES string of the molecule is CC(=O)COC1CCC(C)C1. The summed E-state index contributed by atoms with van der Waals surface area (Å²) in [7, 11) is 0. The lowest BCUT2D eigenvalue weighted by Crippen LogP contribution is -2.13. The number of hydrogen-bond acceptors (Lipinski definition) is 2. The Morgan fingerprint density at radius 3 is 2.73 bits per heavy atom. The average Bonchev–Trinajstić information content (AvgIpc) is 2.31. The molecular weight excluding hydrogens is 140 g/mol. The van der Waals surface area contributed by atoms with Crippen LogP contribution in [0.5, 0.6) is 0 Å². The Morgan fingerprint density at radius 1 is 1.55 bits per heavy atom. The third-order valence-electron chi connectivity index (χ3n) is 2.17. The minimum Gasteiger partial charge on any atom is -0.370 e. The van der Waals surface area contributed by atoms with E-state index in [4.69, 9.17) is 4.74 Å². The Kier molecular flexibility index (Phi) is 3.06. The number of rotatable bonds is 3. The summed E-state index contributed by atoms with van der Waals surface area (Å²) < 4.78 is 5.39. The smallest absolute Gasteiger partial charge is 0.155 e. The molecule has 0 aliphatic heterocycles. The molecule has 1 aliphatic rings. The quantitative estimate of drug-likeness (QED) is 0.622. The van der Waals surface area contributed by atoms with Crippen molar-refractivity contribution in [2.75, 3.05) is 6.61 Å². The van der Waals surface area contributed by atoms with Crippen LogP contribution in [0.3, 0.4) is 0 Å². The van der Waals surface area contributed by atoms with E-state index >= 15 is 0 Å². The first-order valence-electron chi connectivity index (χ1n) is 4.29. The van der Waals surface area contributed by atoms with Gasteiger partial charge in [0.05, 0.1) is 6.10 Å². The second-order valence-electron chi connectivity index (χ2n) is 3.55. The zero-order chi connectivity index (χ0) is 8.27. The molecular formula is C9H16O2. The maximum Gasteiger partial charge on any atom is 0.155 e. The van der Waals surface area contributed by atoms with Crippen LogP contribution in [0.4, 0.5) is 0 Å². The molecule has 64 valence electrons. The van der Waals surface area contributed by atoms with Crippen LogP contribution in [-0.2, 0) is 9.53 Å². The Labute approximate surface area is 67.9 Å². The molecule has 0 aromatic rings. The molecule has 2 atom stereocenters. The van der Waals surface area contributed by atoms with Crippen LogP contribution in [0.15, 0.2) is 0 Å². The van der Waals surface area contributed by atoms with E-state index < -0.39 is 0 Å². The topological polar surface area (TPSA) is 26.3 Å². The molecule has 0 N–H and O–H groups in total. The molecule has 0 heterocycles. The molecule has 0 spiro atoms. The van der Waals surface area contributed by atoms with E-state index in [0.29, 0.717) is 12.7 Å². The van der Waals surface area contributed by atoms with E-state index in [9.17, 15) is 4.79 Å². The molecule has 0 aromatic carbocycles. The number of Topliss-reactive ketones (excluding diaryl/α,β-unsaturated/α-hetero) is 1. The van der Waals surface area contributed by atoms with Crippen molar-refractivity contribution in [2.24, 2.45) is 5.92 Å². The van der Waals surface area contributed by atoms with Crippen LogP contribution in [0.2, 0.25) is 0 Å². The largest absolute Gasteiger partial charge is 0.370 e. The summed E-state index contributed by atoms with van der Waals surface area (Å²) in [5.41, 5.74) is 0. The second kappa shape index (κ2) is 3.86. The number of hydrogen-bond donors (Lipinski definition) is 0. The van der Waals surface area contributed by atoms with Crippen LogP contribution in [0, 0.1) is 5.92 Å². The van der Waals surface area contributed by atoms with Gasteiger partial charge in [0.25, 0.3) is 0 Å². The zero-order valence-corrected chi connectivity index (χ0v) is 7.30. The van der Waals surface area contributed by atoms with E-state index in [2.05, 4.69) is 6.92 Å². The van der Waals surface area contributed by atoms with Gasteiger partial charge in [0.15, 0.2) is 5.78 Å². The Balaban J connectivity index is 2.13. The molecule has 1 fully saturated rings. The normalized spacial score (nSPS) is 30.7.